The molecule has 2 aromatic carbocycles. The highest BCUT2D eigenvalue weighted by Crippen LogP contribution is 2.40. The zero-order chi connectivity index (χ0) is 39.1. The number of rotatable bonds is 12. The van der Waals surface area contributed by atoms with Crippen LogP contribution >= 0.6 is 0 Å². The summed E-state index contributed by atoms with van der Waals surface area (Å²) in [5, 5.41) is 11.9. The van der Waals surface area contributed by atoms with Crippen molar-refractivity contribution in [2.75, 3.05) is 19.6 Å². The molecule has 1 aliphatic rings. The largest absolute Gasteiger partial charge is 0.481 e. The van der Waals surface area contributed by atoms with Gasteiger partial charge in [0.25, 0.3) is 5.56 Å². The van der Waals surface area contributed by atoms with Gasteiger partial charge in [-0.2, -0.15) is 26.3 Å². The molecule has 4 rings (SSSR count). The summed E-state index contributed by atoms with van der Waals surface area (Å²) in [7, 11) is 0. The van der Waals surface area contributed by atoms with Gasteiger partial charge in [0.15, 0.2) is 0 Å². The standard InChI is InChI=1S/C36H38F9N3O4/c1-18-11-22(35(40,41)42)12-19(2)29(18)23-13-20(3)31(37)30(32(23)38)25(15-28(50)51)46-33(52)26(16-34(4,5)39)48-17-21(7-10-47-8-6-9-47)24(14-27(48)49)36(43,44)45/h11-14,17,25-26H,6-10,15-16H2,1-5H3,(H,46,52)(H,50,51)/t25-,26?/m0/s1. The van der Waals surface area contributed by atoms with E-state index in [1.54, 1.807) is 0 Å². The normalized spacial score (nSPS) is 15.3. The number of aromatic nitrogens is 1. The van der Waals surface area contributed by atoms with Gasteiger partial charge >= 0.3 is 18.3 Å². The van der Waals surface area contributed by atoms with Crippen LogP contribution in [0, 0.1) is 32.4 Å². The number of likely N-dealkylation sites (tertiary alicyclic amines) is 1. The van der Waals surface area contributed by atoms with E-state index in [2.05, 4.69) is 5.32 Å². The Morgan fingerprint density at radius 1 is 0.885 bits per heavy atom. The highest BCUT2D eigenvalue weighted by molar-refractivity contribution is 5.82. The topological polar surface area (TPSA) is 91.6 Å². The van der Waals surface area contributed by atoms with Gasteiger partial charge in [-0.15, -0.1) is 0 Å². The molecule has 16 heteroatoms. The molecule has 0 radical (unpaired) electrons. The summed E-state index contributed by atoms with van der Waals surface area (Å²) < 4.78 is 130. The van der Waals surface area contributed by atoms with Crippen LogP contribution in [-0.4, -0.2) is 51.8 Å². The molecule has 7 nitrogen and oxygen atoms in total. The molecular formula is C36H38F9N3O4. The molecule has 1 unspecified atom stereocenters. The molecule has 1 amide bonds. The SMILES string of the molecule is Cc1cc(-c2c(C)cc(C(F)(F)F)cc2C)c(F)c([C@H](CC(=O)O)NC(=O)C(CC(C)(C)F)n2cc(CCN3CCC3)c(C(F)(F)F)cc2=O)c1F. The number of carboxylic acids is 1. The number of hydrogen-bond acceptors (Lipinski definition) is 4. The minimum absolute atomic E-state index is 0.0427. The van der Waals surface area contributed by atoms with Crippen molar-refractivity contribution >= 4 is 11.9 Å². The van der Waals surface area contributed by atoms with E-state index in [0.717, 1.165) is 44.7 Å². The third kappa shape index (κ3) is 9.17. The van der Waals surface area contributed by atoms with E-state index in [1.165, 1.54) is 20.8 Å². The van der Waals surface area contributed by atoms with Crippen LogP contribution < -0.4 is 10.9 Å². The molecule has 0 aliphatic carbocycles. The lowest BCUT2D eigenvalue weighted by molar-refractivity contribution is -0.139. The maximum Gasteiger partial charge on any atom is 0.416 e. The van der Waals surface area contributed by atoms with Crippen LogP contribution in [0.5, 0.6) is 0 Å². The minimum Gasteiger partial charge on any atom is -0.481 e. The number of carbonyl (C=O) groups is 2. The second-order valence-electron chi connectivity index (χ2n) is 13.8. The Hall–Kier alpha value is -4.34. The lowest BCUT2D eigenvalue weighted by Crippen LogP contribution is -2.43. The van der Waals surface area contributed by atoms with Gasteiger partial charge in [-0.05, 0) is 107 Å². The monoisotopic (exact) mass is 747 g/mol. The molecule has 2 N–H and O–H groups in total. The molecule has 284 valence electrons. The van der Waals surface area contributed by atoms with E-state index in [0.29, 0.717) is 17.7 Å². The van der Waals surface area contributed by atoms with Crippen LogP contribution in [0.15, 0.2) is 35.3 Å². The number of hydrogen-bond donors (Lipinski definition) is 2. The molecule has 52 heavy (non-hydrogen) atoms. The molecule has 2 atom stereocenters. The predicted octanol–water partition coefficient (Wildman–Crippen LogP) is 8.02. The number of pyridine rings is 1. The lowest BCUT2D eigenvalue weighted by Gasteiger charge is -2.31. The number of benzene rings is 2. The summed E-state index contributed by atoms with van der Waals surface area (Å²) in [6.45, 7) is 7.29. The molecule has 3 aromatic rings. The number of nitrogens with zero attached hydrogens (tertiary/aromatic N) is 2. The molecule has 1 aromatic heterocycles. The summed E-state index contributed by atoms with van der Waals surface area (Å²) in [6, 6.07) is -1.11. The summed E-state index contributed by atoms with van der Waals surface area (Å²) in [6.07, 6.45) is -10.2. The fourth-order valence-electron chi connectivity index (χ4n) is 6.46. The highest BCUT2D eigenvalue weighted by atomic mass is 19.4. The molecule has 0 saturated carbocycles. The quantitative estimate of drug-likeness (QED) is 0.183. The summed E-state index contributed by atoms with van der Waals surface area (Å²) >= 11 is 0. The van der Waals surface area contributed by atoms with Crippen LogP contribution in [0.3, 0.4) is 0 Å². The fourth-order valence-corrected chi connectivity index (χ4v) is 6.46. The van der Waals surface area contributed by atoms with Gasteiger partial charge in [0, 0.05) is 36.4 Å². The number of carboxylic acid groups (broad SMARTS) is 1. The average Bonchev–Trinajstić information content (AvgIpc) is 2.96. The van der Waals surface area contributed by atoms with Gasteiger partial charge in [0.2, 0.25) is 5.91 Å². The molecular weight excluding hydrogens is 709 g/mol. The molecule has 1 aliphatic heterocycles. The van der Waals surface area contributed by atoms with Crippen molar-refractivity contribution in [3.8, 4) is 11.1 Å². The molecule has 0 bridgehead atoms. The Labute approximate surface area is 293 Å². The zero-order valence-electron chi connectivity index (χ0n) is 29.0. The first-order valence-electron chi connectivity index (χ1n) is 16.3. The Morgan fingerprint density at radius 3 is 1.96 bits per heavy atom. The van der Waals surface area contributed by atoms with Gasteiger partial charge < -0.3 is 19.9 Å². The molecule has 2 heterocycles. The molecule has 1 fully saturated rings. The van der Waals surface area contributed by atoms with Gasteiger partial charge in [0.1, 0.15) is 23.3 Å². The van der Waals surface area contributed by atoms with Crippen LogP contribution in [0.1, 0.15) is 84.1 Å². The number of nitrogens with one attached hydrogen (secondary N) is 1. The van der Waals surface area contributed by atoms with Crippen molar-refractivity contribution in [1.29, 1.82) is 0 Å². The number of carbonyl (C=O) groups excluding carboxylic acids is 1. The van der Waals surface area contributed by atoms with Gasteiger partial charge in [-0.3, -0.25) is 14.4 Å². The van der Waals surface area contributed by atoms with Crippen LogP contribution in [0.25, 0.3) is 11.1 Å². The van der Waals surface area contributed by atoms with Crippen molar-refractivity contribution < 1.29 is 54.2 Å². The van der Waals surface area contributed by atoms with Crippen LogP contribution in [0.2, 0.25) is 0 Å². The van der Waals surface area contributed by atoms with Crippen molar-refractivity contribution in [3.63, 3.8) is 0 Å². The smallest absolute Gasteiger partial charge is 0.416 e. The van der Waals surface area contributed by atoms with Crippen LogP contribution in [0.4, 0.5) is 39.5 Å². The number of halogens is 9. The third-order valence-electron chi connectivity index (χ3n) is 9.02. The Balaban J connectivity index is 1.85. The number of aliphatic carboxylic acids is 1. The summed E-state index contributed by atoms with van der Waals surface area (Å²) in [4.78, 5) is 41.0. The number of alkyl halides is 7. The maximum absolute atomic E-state index is 16.5. The predicted molar refractivity (Wildman–Crippen MR) is 173 cm³/mol. The van der Waals surface area contributed by atoms with Gasteiger partial charge in [-0.25, -0.2) is 13.2 Å². The van der Waals surface area contributed by atoms with E-state index in [9.17, 15) is 45.8 Å². The lowest BCUT2D eigenvalue weighted by atomic mass is 9.88. The second-order valence-corrected chi connectivity index (χ2v) is 13.8. The fraction of sp³-hybridized carbons (Fsp3) is 0.472. The summed E-state index contributed by atoms with van der Waals surface area (Å²) in [5.41, 5.74) is -7.97. The summed E-state index contributed by atoms with van der Waals surface area (Å²) in [5.74, 6) is -5.67. The van der Waals surface area contributed by atoms with Crippen molar-refractivity contribution in [2.24, 2.45) is 0 Å². The van der Waals surface area contributed by atoms with E-state index >= 15 is 13.2 Å². The Morgan fingerprint density at radius 2 is 1.48 bits per heavy atom. The maximum atomic E-state index is 16.5. The van der Waals surface area contributed by atoms with E-state index in [-0.39, 0.29) is 46.8 Å². The highest BCUT2D eigenvalue weighted by Gasteiger charge is 2.38. The third-order valence-corrected chi connectivity index (χ3v) is 9.02. The first kappa shape index (κ1) is 40.4. The zero-order valence-corrected chi connectivity index (χ0v) is 29.0. The van der Waals surface area contributed by atoms with E-state index < -0.39 is 94.3 Å². The average molecular weight is 748 g/mol. The first-order chi connectivity index (χ1) is 23.9. The first-order valence-corrected chi connectivity index (χ1v) is 16.3. The number of amides is 1. The Kier molecular flexibility index (Phi) is 11.6. The molecule has 1 saturated heterocycles. The van der Waals surface area contributed by atoms with Crippen LogP contribution in [-0.2, 0) is 28.4 Å². The number of aryl methyl sites for hydroxylation is 3. The van der Waals surface area contributed by atoms with Crippen molar-refractivity contribution in [3.05, 3.63) is 91.4 Å². The second kappa shape index (κ2) is 15.0. The minimum atomic E-state index is -4.95. The van der Waals surface area contributed by atoms with Gasteiger partial charge in [-0.1, -0.05) is 0 Å². The van der Waals surface area contributed by atoms with Crippen molar-refractivity contribution in [2.45, 2.75) is 90.4 Å². The Bertz CT molecular complexity index is 1890. The van der Waals surface area contributed by atoms with E-state index in [4.69, 9.17) is 0 Å². The molecule has 0 spiro atoms. The van der Waals surface area contributed by atoms with Gasteiger partial charge in [0.05, 0.1) is 23.6 Å². The van der Waals surface area contributed by atoms with Crippen molar-refractivity contribution in [1.82, 2.24) is 14.8 Å². The van der Waals surface area contributed by atoms with E-state index in [1.807, 2.05) is 4.90 Å².